The van der Waals surface area contributed by atoms with E-state index >= 15 is 0 Å². The summed E-state index contributed by atoms with van der Waals surface area (Å²) in [4.78, 5) is 11.4. The Bertz CT molecular complexity index is 397. The highest BCUT2D eigenvalue weighted by Crippen LogP contribution is 2.15. The van der Waals surface area contributed by atoms with E-state index < -0.39 is 6.61 Å². The van der Waals surface area contributed by atoms with Gasteiger partial charge >= 0.3 is 6.61 Å². The van der Waals surface area contributed by atoms with Crippen molar-refractivity contribution in [3.05, 3.63) is 30.7 Å². The monoisotopic (exact) mass is 393 g/mol. The van der Waals surface area contributed by atoms with Crippen molar-refractivity contribution in [1.82, 2.24) is 4.57 Å². The van der Waals surface area contributed by atoms with Crippen LogP contribution in [-0.4, -0.2) is 17.8 Å². The summed E-state index contributed by atoms with van der Waals surface area (Å²) in [6, 6.07) is 1.39. The van der Waals surface area contributed by atoms with Crippen LogP contribution in [0.15, 0.2) is 21.5 Å². The summed E-state index contributed by atoms with van der Waals surface area (Å²) in [6.07, 6.45) is 1.59. The molecule has 0 aliphatic rings. The zero-order valence-electron chi connectivity index (χ0n) is 7.42. The fourth-order valence-electron chi connectivity index (χ4n) is 0.937. The molecule has 1 heterocycles. The summed E-state index contributed by atoms with van der Waals surface area (Å²) >= 11 is 5.24. The molecule has 0 fully saturated rings. The number of pyridine rings is 1. The Morgan fingerprint density at radius 1 is 1.60 bits per heavy atom. The van der Waals surface area contributed by atoms with Crippen LogP contribution in [0.1, 0.15) is 0 Å². The predicted octanol–water partition coefficient (Wildman–Crippen LogP) is 2.45. The SMILES string of the molecule is O=c1cc(Br)c(I)cn1CCOC(F)F. The Morgan fingerprint density at radius 2 is 2.27 bits per heavy atom. The van der Waals surface area contributed by atoms with Crippen molar-refractivity contribution < 1.29 is 13.5 Å². The second-order valence-electron chi connectivity index (χ2n) is 2.63. The molecule has 0 bridgehead atoms. The molecule has 3 nitrogen and oxygen atoms in total. The van der Waals surface area contributed by atoms with E-state index in [4.69, 9.17) is 0 Å². The van der Waals surface area contributed by atoms with Gasteiger partial charge in [0.15, 0.2) is 0 Å². The summed E-state index contributed by atoms with van der Waals surface area (Å²) < 4.78 is 30.2. The van der Waals surface area contributed by atoms with Crippen molar-refractivity contribution in [2.75, 3.05) is 6.61 Å². The second-order valence-corrected chi connectivity index (χ2v) is 4.65. The summed E-state index contributed by atoms with van der Waals surface area (Å²) in [5.41, 5.74) is -0.250. The molecular formula is C8H7BrF2INO2. The van der Waals surface area contributed by atoms with Gasteiger partial charge in [-0.05, 0) is 38.5 Å². The first-order valence-corrected chi connectivity index (χ1v) is 5.83. The lowest BCUT2D eigenvalue weighted by atomic mass is 10.4. The topological polar surface area (TPSA) is 31.2 Å². The maximum Gasteiger partial charge on any atom is 0.345 e. The van der Waals surface area contributed by atoms with Crippen LogP contribution in [0, 0.1) is 3.57 Å². The van der Waals surface area contributed by atoms with E-state index in [9.17, 15) is 13.6 Å². The smallest absolute Gasteiger partial charge is 0.321 e. The molecule has 0 saturated carbocycles. The molecule has 0 atom stereocenters. The fraction of sp³-hybridized carbons (Fsp3) is 0.375. The van der Waals surface area contributed by atoms with Gasteiger partial charge in [-0.2, -0.15) is 8.78 Å². The Hall–Kier alpha value is -0.0200. The van der Waals surface area contributed by atoms with Crippen LogP contribution in [0.2, 0.25) is 0 Å². The highest BCUT2D eigenvalue weighted by atomic mass is 127. The first-order chi connectivity index (χ1) is 7.00. The van der Waals surface area contributed by atoms with Crippen LogP contribution in [-0.2, 0) is 11.3 Å². The summed E-state index contributed by atoms with van der Waals surface area (Å²) in [6.45, 7) is -2.86. The summed E-state index contributed by atoms with van der Waals surface area (Å²) in [5.74, 6) is 0. The standard InChI is InChI=1S/C8H7BrF2INO2/c9-5-3-7(14)13(4-6(5)12)1-2-15-8(10)11/h3-4,8H,1-2H2. The Balaban J connectivity index is 2.69. The van der Waals surface area contributed by atoms with Crippen LogP contribution in [0.5, 0.6) is 0 Å². The molecule has 1 rings (SSSR count). The molecule has 0 aliphatic heterocycles. The number of hydrogen-bond donors (Lipinski definition) is 0. The third-order valence-corrected chi connectivity index (χ3v) is 3.86. The Morgan fingerprint density at radius 3 is 2.87 bits per heavy atom. The van der Waals surface area contributed by atoms with Gasteiger partial charge in [-0.15, -0.1) is 0 Å². The van der Waals surface area contributed by atoms with E-state index in [0.29, 0.717) is 4.47 Å². The lowest BCUT2D eigenvalue weighted by Crippen LogP contribution is -2.22. The minimum absolute atomic E-state index is 0.118. The van der Waals surface area contributed by atoms with E-state index in [0.717, 1.165) is 3.57 Å². The minimum Gasteiger partial charge on any atom is -0.321 e. The highest BCUT2D eigenvalue weighted by molar-refractivity contribution is 14.1. The van der Waals surface area contributed by atoms with Gasteiger partial charge in [-0.3, -0.25) is 4.79 Å². The highest BCUT2D eigenvalue weighted by Gasteiger charge is 2.04. The van der Waals surface area contributed by atoms with Crippen LogP contribution in [0.3, 0.4) is 0 Å². The summed E-state index contributed by atoms with van der Waals surface area (Å²) in [5, 5.41) is 0. The lowest BCUT2D eigenvalue weighted by molar-refractivity contribution is -0.130. The van der Waals surface area contributed by atoms with Gasteiger partial charge in [-0.1, -0.05) is 0 Å². The molecule has 0 amide bonds. The van der Waals surface area contributed by atoms with Gasteiger partial charge in [0.05, 0.1) is 6.61 Å². The first-order valence-electron chi connectivity index (χ1n) is 3.96. The van der Waals surface area contributed by atoms with E-state index in [1.807, 2.05) is 22.6 Å². The fourth-order valence-corrected chi connectivity index (χ4v) is 1.73. The molecule has 0 spiro atoms. The Labute approximate surface area is 107 Å². The van der Waals surface area contributed by atoms with Gasteiger partial charge in [0.1, 0.15) is 0 Å². The van der Waals surface area contributed by atoms with Crippen molar-refractivity contribution in [2.24, 2.45) is 0 Å². The molecule has 0 saturated heterocycles. The maximum absolute atomic E-state index is 11.7. The third-order valence-electron chi connectivity index (χ3n) is 1.61. The van der Waals surface area contributed by atoms with Crippen LogP contribution in [0.4, 0.5) is 8.78 Å². The summed E-state index contributed by atoms with van der Waals surface area (Å²) in [7, 11) is 0. The van der Waals surface area contributed by atoms with Crippen molar-refractivity contribution in [3.8, 4) is 0 Å². The quantitative estimate of drug-likeness (QED) is 0.736. The van der Waals surface area contributed by atoms with Gasteiger partial charge < -0.3 is 9.30 Å². The number of halogens is 4. The van der Waals surface area contributed by atoms with E-state index in [1.165, 1.54) is 10.6 Å². The molecule has 15 heavy (non-hydrogen) atoms. The van der Waals surface area contributed by atoms with Gasteiger partial charge in [-0.25, -0.2) is 0 Å². The molecule has 7 heteroatoms. The molecule has 0 aromatic carbocycles. The van der Waals surface area contributed by atoms with Gasteiger partial charge in [0.2, 0.25) is 0 Å². The Kier molecular flexibility index (Phi) is 5.13. The van der Waals surface area contributed by atoms with Gasteiger partial charge in [0, 0.05) is 26.9 Å². The van der Waals surface area contributed by atoms with E-state index in [2.05, 4.69) is 20.7 Å². The molecule has 84 valence electrons. The maximum atomic E-state index is 11.7. The van der Waals surface area contributed by atoms with Crippen molar-refractivity contribution >= 4 is 38.5 Å². The lowest BCUT2D eigenvalue weighted by Gasteiger charge is -2.07. The number of nitrogens with zero attached hydrogens (tertiary/aromatic N) is 1. The number of ether oxygens (including phenoxy) is 1. The second kappa shape index (κ2) is 5.90. The third kappa shape index (κ3) is 4.15. The van der Waals surface area contributed by atoms with E-state index in [-0.39, 0.29) is 18.7 Å². The zero-order valence-corrected chi connectivity index (χ0v) is 11.2. The normalized spacial score (nSPS) is 11.0. The number of rotatable bonds is 4. The molecule has 1 aromatic rings. The van der Waals surface area contributed by atoms with Crippen LogP contribution < -0.4 is 5.56 Å². The van der Waals surface area contributed by atoms with Crippen molar-refractivity contribution in [3.63, 3.8) is 0 Å². The molecule has 1 aromatic heterocycles. The molecule has 0 unspecified atom stereocenters. The van der Waals surface area contributed by atoms with E-state index in [1.54, 1.807) is 6.20 Å². The van der Waals surface area contributed by atoms with Crippen LogP contribution in [0.25, 0.3) is 0 Å². The largest absolute Gasteiger partial charge is 0.345 e. The first kappa shape index (κ1) is 13.0. The van der Waals surface area contributed by atoms with Crippen molar-refractivity contribution in [1.29, 1.82) is 0 Å². The van der Waals surface area contributed by atoms with Crippen LogP contribution >= 0.6 is 38.5 Å². The molecule has 0 aliphatic carbocycles. The predicted molar refractivity (Wildman–Crippen MR) is 63.1 cm³/mol. The van der Waals surface area contributed by atoms with Crippen molar-refractivity contribution in [2.45, 2.75) is 13.2 Å². The number of hydrogen-bond acceptors (Lipinski definition) is 2. The molecular weight excluding hydrogens is 387 g/mol. The molecule has 0 radical (unpaired) electrons. The number of aromatic nitrogens is 1. The van der Waals surface area contributed by atoms with Gasteiger partial charge in [0.25, 0.3) is 5.56 Å². The zero-order chi connectivity index (χ0) is 11.4. The average Bonchev–Trinajstić information content (AvgIpc) is 2.13. The minimum atomic E-state index is -2.80. The average molecular weight is 394 g/mol. The molecule has 0 N–H and O–H groups in total. The number of alkyl halides is 2.